The summed E-state index contributed by atoms with van der Waals surface area (Å²) in [6.45, 7) is 8.33. The molecule has 0 radical (unpaired) electrons. The number of ketones is 1. The monoisotopic (exact) mass is 396 g/mol. The third-order valence-corrected chi connectivity index (χ3v) is 8.57. The number of aryl methyl sites for hydroxylation is 1. The van der Waals surface area contributed by atoms with E-state index in [4.69, 9.17) is 0 Å². The highest BCUT2D eigenvalue weighted by molar-refractivity contribution is 7.21. The molecule has 0 spiro atoms. The topological polar surface area (TPSA) is 23.6 Å². The number of likely N-dealkylation sites (tertiary alicyclic amines) is 2. The van der Waals surface area contributed by atoms with E-state index in [1.165, 1.54) is 73.9 Å². The first kappa shape index (κ1) is 18.8. The van der Waals surface area contributed by atoms with E-state index in [0.29, 0.717) is 11.7 Å². The smallest absolute Gasteiger partial charge is 0.176 e. The van der Waals surface area contributed by atoms with Crippen molar-refractivity contribution in [2.24, 2.45) is 11.8 Å². The summed E-state index contributed by atoms with van der Waals surface area (Å²) in [5, 5.41) is 1.26. The van der Waals surface area contributed by atoms with Crippen molar-refractivity contribution in [3.8, 4) is 0 Å². The molecule has 3 heterocycles. The van der Waals surface area contributed by atoms with Gasteiger partial charge in [0.1, 0.15) is 0 Å². The van der Waals surface area contributed by atoms with E-state index in [2.05, 4.69) is 41.0 Å². The molecule has 0 amide bonds. The molecule has 2 aromatic rings. The summed E-state index contributed by atoms with van der Waals surface area (Å²) in [6, 6.07) is 9.24. The number of fused-ring (bicyclic) bond motifs is 1. The lowest BCUT2D eigenvalue weighted by Gasteiger charge is -2.40. The van der Waals surface area contributed by atoms with Crippen LogP contribution in [-0.4, -0.2) is 54.3 Å². The Hall–Kier alpha value is -1.23. The molecule has 1 aliphatic carbocycles. The Balaban J connectivity index is 1.15. The fraction of sp³-hybridized carbons (Fsp3) is 0.625. The molecule has 2 aliphatic heterocycles. The second-order valence-corrected chi connectivity index (χ2v) is 10.2. The standard InChI is InChI=1S/C24H32N2OS/c1-17-20-7-3-4-8-22(20)28-24(17)23(27)21-15-18(21)16-25-13-9-19(10-14-25)26-11-5-2-6-12-26/h3-4,7-8,18-19,21H,2,5-6,9-16H2,1H3/t18-,21+/m0/s1. The predicted molar refractivity (Wildman–Crippen MR) is 117 cm³/mol. The Morgan fingerprint density at radius 1 is 1.07 bits per heavy atom. The Morgan fingerprint density at radius 3 is 2.57 bits per heavy atom. The van der Waals surface area contributed by atoms with E-state index < -0.39 is 0 Å². The van der Waals surface area contributed by atoms with Crippen LogP contribution < -0.4 is 0 Å². The lowest BCUT2D eigenvalue weighted by molar-refractivity contribution is 0.0873. The lowest BCUT2D eigenvalue weighted by Crippen LogP contribution is -2.47. The van der Waals surface area contributed by atoms with E-state index in [1.54, 1.807) is 11.3 Å². The minimum Gasteiger partial charge on any atom is -0.303 e. The van der Waals surface area contributed by atoms with E-state index in [1.807, 2.05) is 0 Å². The summed E-state index contributed by atoms with van der Waals surface area (Å²) in [7, 11) is 0. The highest BCUT2D eigenvalue weighted by Gasteiger charge is 2.45. The largest absolute Gasteiger partial charge is 0.303 e. The van der Waals surface area contributed by atoms with Crippen molar-refractivity contribution in [2.75, 3.05) is 32.7 Å². The number of rotatable bonds is 5. The van der Waals surface area contributed by atoms with Gasteiger partial charge in [0.15, 0.2) is 5.78 Å². The molecule has 1 saturated carbocycles. The molecule has 2 atom stereocenters. The normalized spacial score (nSPS) is 27.3. The number of nitrogens with zero attached hydrogens (tertiary/aromatic N) is 2. The van der Waals surface area contributed by atoms with Crippen LogP contribution in [0.15, 0.2) is 24.3 Å². The van der Waals surface area contributed by atoms with Crippen molar-refractivity contribution in [3.05, 3.63) is 34.7 Å². The van der Waals surface area contributed by atoms with Gasteiger partial charge in [0.25, 0.3) is 0 Å². The number of benzene rings is 1. The van der Waals surface area contributed by atoms with Crippen LogP contribution in [0.5, 0.6) is 0 Å². The van der Waals surface area contributed by atoms with Crippen LogP contribution in [-0.2, 0) is 0 Å². The van der Waals surface area contributed by atoms with Crippen molar-refractivity contribution >= 4 is 27.2 Å². The van der Waals surface area contributed by atoms with Crippen molar-refractivity contribution in [3.63, 3.8) is 0 Å². The van der Waals surface area contributed by atoms with Crippen molar-refractivity contribution < 1.29 is 4.79 Å². The minimum absolute atomic E-state index is 0.270. The van der Waals surface area contributed by atoms with Crippen molar-refractivity contribution in [1.82, 2.24) is 9.80 Å². The fourth-order valence-corrected chi connectivity index (χ4v) is 6.64. The second-order valence-electron chi connectivity index (χ2n) is 9.15. The number of hydrogen-bond donors (Lipinski definition) is 0. The first-order valence-electron chi connectivity index (χ1n) is 11.2. The zero-order valence-corrected chi connectivity index (χ0v) is 17.8. The highest BCUT2D eigenvalue weighted by Crippen LogP contribution is 2.44. The zero-order valence-electron chi connectivity index (χ0n) is 17.0. The Labute approximate surface area is 172 Å². The first-order valence-corrected chi connectivity index (χ1v) is 12.0. The van der Waals surface area contributed by atoms with E-state index in [-0.39, 0.29) is 5.92 Å². The van der Waals surface area contributed by atoms with Crippen molar-refractivity contribution in [2.45, 2.75) is 51.5 Å². The van der Waals surface area contributed by atoms with Gasteiger partial charge in [0, 0.05) is 23.2 Å². The van der Waals surface area contributed by atoms with Crippen LogP contribution >= 0.6 is 11.3 Å². The number of Topliss-reactive ketones (excluding diaryl/α,β-unsaturated/α-hetero) is 1. The van der Waals surface area contributed by atoms with Gasteiger partial charge in [-0.2, -0.15) is 0 Å². The molecule has 0 unspecified atom stereocenters. The molecule has 1 aromatic carbocycles. The third kappa shape index (κ3) is 3.67. The van der Waals surface area contributed by atoms with Gasteiger partial charge in [-0.25, -0.2) is 0 Å². The van der Waals surface area contributed by atoms with Gasteiger partial charge in [-0.15, -0.1) is 11.3 Å². The summed E-state index contributed by atoms with van der Waals surface area (Å²) < 4.78 is 1.25. The first-order chi connectivity index (χ1) is 13.7. The second kappa shape index (κ2) is 7.89. The van der Waals surface area contributed by atoms with E-state index in [9.17, 15) is 4.79 Å². The third-order valence-electron chi connectivity index (χ3n) is 7.28. The molecule has 1 aromatic heterocycles. The molecule has 0 N–H and O–H groups in total. The van der Waals surface area contributed by atoms with Gasteiger partial charge in [0.2, 0.25) is 0 Å². The van der Waals surface area contributed by atoms with Crippen LogP contribution in [0.4, 0.5) is 0 Å². The summed E-state index contributed by atoms with van der Waals surface area (Å²) in [5.41, 5.74) is 1.19. The number of hydrogen-bond acceptors (Lipinski definition) is 4. The summed E-state index contributed by atoms with van der Waals surface area (Å²) >= 11 is 1.70. The molecule has 0 bridgehead atoms. The predicted octanol–water partition coefficient (Wildman–Crippen LogP) is 4.98. The number of thiophene rings is 1. The number of piperidine rings is 2. The maximum Gasteiger partial charge on any atom is 0.176 e. The average molecular weight is 397 g/mol. The van der Waals surface area contributed by atoms with Crippen LogP contribution in [0.2, 0.25) is 0 Å². The van der Waals surface area contributed by atoms with Crippen LogP contribution in [0.25, 0.3) is 10.1 Å². The zero-order chi connectivity index (χ0) is 19.1. The molecule has 28 heavy (non-hydrogen) atoms. The van der Waals surface area contributed by atoms with Gasteiger partial charge in [-0.1, -0.05) is 24.6 Å². The Kier molecular flexibility index (Phi) is 5.29. The molecule has 150 valence electrons. The van der Waals surface area contributed by atoms with Gasteiger partial charge in [-0.3, -0.25) is 4.79 Å². The maximum atomic E-state index is 13.1. The van der Waals surface area contributed by atoms with E-state index >= 15 is 0 Å². The summed E-state index contributed by atoms with van der Waals surface area (Å²) in [4.78, 5) is 19.5. The highest BCUT2D eigenvalue weighted by atomic mass is 32.1. The Bertz CT molecular complexity index is 845. The minimum atomic E-state index is 0.270. The SMILES string of the molecule is Cc1c(C(=O)[C@@H]2C[C@H]2CN2CCC(N3CCCCC3)CC2)sc2ccccc12. The van der Waals surface area contributed by atoms with Gasteiger partial charge in [-0.05, 0) is 88.1 Å². The Morgan fingerprint density at radius 2 is 1.82 bits per heavy atom. The molecular formula is C24H32N2OS. The fourth-order valence-electron chi connectivity index (χ4n) is 5.43. The quantitative estimate of drug-likeness (QED) is 0.666. The summed E-state index contributed by atoms with van der Waals surface area (Å²) in [5.74, 6) is 1.27. The van der Waals surface area contributed by atoms with Gasteiger partial charge in [0.05, 0.1) is 4.88 Å². The van der Waals surface area contributed by atoms with Gasteiger partial charge >= 0.3 is 0 Å². The molecular weight excluding hydrogens is 364 g/mol. The summed E-state index contributed by atoms with van der Waals surface area (Å²) in [6.07, 6.45) is 7.94. The van der Waals surface area contributed by atoms with Gasteiger partial charge < -0.3 is 9.80 Å². The molecule has 3 fully saturated rings. The molecule has 3 nitrogen and oxygen atoms in total. The average Bonchev–Trinajstić information content (AvgIpc) is 3.43. The number of carbonyl (C=O) groups excluding carboxylic acids is 1. The van der Waals surface area contributed by atoms with Crippen LogP contribution in [0, 0.1) is 18.8 Å². The maximum absolute atomic E-state index is 13.1. The molecule has 5 rings (SSSR count). The molecule has 4 heteroatoms. The van der Waals surface area contributed by atoms with Crippen LogP contribution in [0.3, 0.4) is 0 Å². The number of carbonyl (C=O) groups is 1. The van der Waals surface area contributed by atoms with Crippen molar-refractivity contribution in [1.29, 1.82) is 0 Å². The lowest BCUT2D eigenvalue weighted by atomic mass is 9.99. The van der Waals surface area contributed by atoms with Crippen LogP contribution in [0.1, 0.15) is 53.8 Å². The van der Waals surface area contributed by atoms with E-state index in [0.717, 1.165) is 23.9 Å². The molecule has 2 saturated heterocycles. The molecule has 3 aliphatic rings.